The Morgan fingerprint density at radius 2 is 1.80 bits per heavy atom. The van der Waals surface area contributed by atoms with Gasteiger partial charge in [-0.15, -0.1) is 0 Å². The molecular formula is C15H20Br2O3. The van der Waals surface area contributed by atoms with E-state index in [9.17, 15) is 5.11 Å². The molecule has 1 aliphatic heterocycles. The van der Waals surface area contributed by atoms with Gasteiger partial charge in [-0.1, -0.05) is 0 Å². The van der Waals surface area contributed by atoms with Crippen molar-refractivity contribution in [3.05, 3.63) is 26.6 Å². The Hall–Kier alpha value is -0.100. The minimum atomic E-state index is -0.335. The van der Waals surface area contributed by atoms with Crippen molar-refractivity contribution >= 4 is 31.9 Å². The minimum Gasteiger partial charge on any atom is -0.485 e. The number of halogens is 2. The molecule has 0 amide bonds. The van der Waals surface area contributed by atoms with Gasteiger partial charge in [0, 0.05) is 6.42 Å². The van der Waals surface area contributed by atoms with Crippen molar-refractivity contribution in [2.24, 2.45) is 0 Å². The van der Waals surface area contributed by atoms with Gasteiger partial charge in [-0.05, 0) is 77.3 Å². The SMILES string of the molecule is CC1(C)CC(Oc2c(Br)cc(CO)cc2Br)C(C)(C)O1. The number of hydrogen-bond acceptors (Lipinski definition) is 3. The summed E-state index contributed by atoms with van der Waals surface area (Å²) in [7, 11) is 0. The van der Waals surface area contributed by atoms with E-state index in [0.717, 1.165) is 26.7 Å². The lowest BCUT2D eigenvalue weighted by molar-refractivity contribution is -0.0847. The van der Waals surface area contributed by atoms with E-state index in [0.29, 0.717) is 0 Å². The van der Waals surface area contributed by atoms with Crippen molar-refractivity contribution < 1.29 is 14.6 Å². The molecule has 0 aromatic heterocycles. The number of benzene rings is 1. The average Bonchev–Trinajstić information content (AvgIpc) is 2.51. The normalized spacial score (nSPS) is 23.9. The summed E-state index contributed by atoms with van der Waals surface area (Å²) < 4.78 is 13.9. The molecule has 0 saturated carbocycles. The van der Waals surface area contributed by atoms with Crippen LogP contribution in [0.5, 0.6) is 5.75 Å². The predicted octanol–water partition coefficient (Wildman–Crippen LogP) is 4.43. The Balaban J connectivity index is 2.27. The fourth-order valence-electron chi connectivity index (χ4n) is 2.65. The Bertz CT molecular complexity index is 489. The summed E-state index contributed by atoms with van der Waals surface area (Å²) in [6, 6.07) is 3.74. The Labute approximate surface area is 136 Å². The molecule has 1 aliphatic rings. The molecular weight excluding hydrogens is 388 g/mol. The molecule has 0 bridgehead atoms. The summed E-state index contributed by atoms with van der Waals surface area (Å²) in [5.41, 5.74) is 0.314. The predicted molar refractivity (Wildman–Crippen MR) is 86.0 cm³/mol. The van der Waals surface area contributed by atoms with Gasteiger partial charge < -0.3 is 14.6 Å². The second-order valence-electron chi connectivity index (χ2n) is 6.32. The van der Waals surface area contributed by atoms with E-state index in [1.165, 1.54) is 0 Å². The lowest BCUT2D eigenvalue weighted by Crippen LogP contribution is -2.36. The van der Waals surface area contributed by atoms with Gasteiger partial charge in [-0.2, -0.15) is 0 Å². The molecule has 1 heterocycles. The molecule has 20 heavy (non-hydrogen) atoms. The summed E-state index contributed by atoms with van der Waals surface area (Å²) in [6.45, 7) is 8.27. The molecule has 112 valence electrons. The molecule has 2 rings (SSSR count). The summed E-state index contributed by atoms with van der Waals surface area (Å²) in [5, 5.41) is 9.21. The van der Waals surface area contributed by atoms with Crippen LogP contribution in [-0.2, 0) is 11.3 Å². The van der Waals surface area contributed by atoms with Crippen LogP contribution >= 0.6 is 31.9 Å². The Kier molecular flexibility index (Phi) is 4.55. The zero-order chi connectivity index (χ0) is 15.1. The maximum Gasteiger partial charge on any atom is 0.148 e. The van der Waals surface area contributed by atoms with Gasteiger partial charge in [0.15, 0.2) is 0 Å². The van der Waals surface area contributed by atoms with Crippen molar-refractivity contribution in [2.75, 3.05) is 0 Å². The number of aliphatic hydroxyl groups excluding tert-OH is 1. The van der Waals surface area contributed by atoms with Crippen LogP contribution in [0.3, 0.4) is 0 Å². The first kappa shape index (κ1) is 16.3. The summed E-state index contributed by atoms with van der Waals surface area (Å²) in [5.74, 6) is 0.751. The van der Waals surface area contributed by atoms with Gasteiger partial charge >= 0.3 is 0 Å². The molecule has 1 unspecified atom stereocenters. The van der Waals surface area contributed by atoms with Crippen LogP contribution in [0.1, 0.15) is 39.7 Å². The van der Waals surface area contributed by atoms with Crippen molar-refractivity contribution in [1.82, 2.24) is 0 Å². The fourth-order valence-corrected chi connectivity index (χ4v) is 4.12. The van der Waals surface area contributed by atoms with Gasteiger partial charge in [0.25, 0.3) is 0 Å². The maximum atomic E-state index is 9.21. The van der Waals surface area contributed by atoms with Gasteiger partial charge in [-0.3, -0.25) is 0 Å². The molecule has 0 aliphatic carbocycles. The summed E-state index contributed by atoms with van der Waals surface area (Å²) >= 11 is 7.01. The van der Waals surface area contributed by atoms with Gasteiger partial charge in [0.05, 0.1) is 21.2 Å². The third kappa shape index (κ3) is 3.38. The van der Waals surface area contributed by atoms with Crippen LogP contribution < -0.4 is 4.74 Å². The molecule has 5 heteroatoms. The number of aliphatic hydroxyl groups is 1. The highest BCUT2D eigenvalue weighted by Crippen LogP contribution is 2.43. The van der Waals surface area contributed by atoms with Crippen molar-refractivity contribution in [3.8, 4) is 5.75 Å². The van der Waals surface area contributed by atoms with E-state index in [1.54, 1.807) is 0 Å². The first-order valence-electron chi connectivity index (χ1n) is 6.60. The second-order valence-corrected chi connectivity index (χ2v) is 8.03. The molecule has 1 atom stereocenters. The maximum absolute atomic E-state index is 9.21. The summed E-state index contributed by atoms with van der Waals surface area (Å²) in [4.78, 5) is 0. The Morgan fingerprint density at radius 1 is 1.25 bits per heavy atom. The average molecular weight is 408 g/mol. The van der Waals surface area contributed by atoms with E-state index in [2.05, 4.69) is 59.6 Å². The van der Waals surface area contributed by atoms with Gasteiger partial charge in [0.1, 0.15) is 17.5 Å². The fraction of sp³-hybridized carbons (Fsp3) is 0.600. The lowest BCUT2D eigenvalue weighted by Gasteiger charge is -2.28. The van der Waals surface area contributed by atoms with Crippen LogP contribution in [0.4, 0.5) is 0 Å². The molecule has 0 spiro atoms. The topological polar surface area (TPSA) is 38.7 Å². The highest BCUT2D eigenvalue weighted by atomic mass is 79.9. The molecule has 0 radical (unpaired) electrons. The molecule has 1 saturated heterocycles. The largest absolute Gasteiger partial charge is 0.485 e. The van der Waals surface area contributed by atoms with Crippen molar-refractivity contribution in [2.45, 2.75) is 58.0 Å². The zero-order valence-electron chi connectivity index (χ0n) is 12.2. The van der Waals surface area contributed by atoms with E-state index in [4.69, 9.17) is 9.47 Å². The number of hydrogen-bond donors (Lipinski definition) is 1. The van der Waals surface area contributed by atoms with Crippen molar-refractivity contribution in [3.63, 3.8) is 0 Å². The Morgan fingerprint density at radius 3 is 2.20 bits per heavy atom. The second kappa shape index (κ2) is 5.59. The van der Waals surface area contributed by atoms with Crippen molar-refractivity contribution in [1.29, 1.82) is 0 Å². The van der Waals surface area contributed by atoms with Crippen LogP contribution in [0, 0.1) is 0 Å². The van der Waals surface area contributed by atoms with Gasteiger partial charge in [-0.25, -0.2) is 0 Å². The van der Waals surface area contributed by atoms with E-state index in [-0.39, 0.29) is 23.9 Å². The van der Waals surface area contributed by atoms with E-state index < -0.39 is 0 Å². The zero-order valence-corrected chi connectivity index (χ0v) is 15.3. The van der Waals surface area contributed by atoms with Crippen LogP contribution in [0.2, 0.25) is 0 Å². The quantitative estimate of drug-likeness (QED) is 0.805. The van der Waals surface area contributed by atoms with Crippen LogP contribution in [0.15, 0.2) is 21.1 Å². The van der Waals surface area contributed by atoms with Gasteiger partial charge in [0.2, 0.25) is 0 Å². The molecule has 3 nitrogen and oxygen atoms in total. The van der Waals surface area contributed by atoms with Crippen LogP contribution in [0.25, 0.3) is 0 Å². The highest BCUT2D eigenvalue weighted by molar-refractivity contribution is 9.11. The lowest BCUT2D eigenvalue weighted by atomic mass is 9.97. The standard InChI is InChI=1S/C15H20Br2O3/c1-14(2)7-12(15(3,4)20-14)19-13-10(16)5-9(8-18)6-11(13)17/h5-6,12,18H,7-8H2,1-4H3. The molecule has 1 aromatic carbocycles. The monoisotopic (exact) mass is 406 g/mol. The number of rotatable bonds is 3. The minimum absolute atomic E-state index is 0.00252. The molecule has 1 fully saturated rings. The number of ether oxygens (including phenoxy) is 2. The van der Waals surface area contributed by atoms with E-state index in [1.807, 2.05) is 12.1 Å². The first-order valence-corrected chi connectivity index (χ1v) is 8.19. The smallest absolute Gasteiger partial charge is 0.148 e. The van der Waals surface area contributed by atoms with Crippen LogP contribution in [-0.4, -0.2) is 22.4 Å². The first-order chi connectivity index (χ1) is 9.14. The molecule has 1 aromatic rings. The highest BCUT2D eigenvalue weighted by Gasteiger charge is 2.47. The molecule has 1 N–H and O–H groups in total. The third-order valence-electron chi connectivity index (χ3n) is 3.49. The third-order valence-corrected chi connectivity index (χ3v) is 4.67. The summed E-state index contributed by atoms with van der Waals surface area (Å²) in [6.07, 6.45) is 0.811. The van der Waals surface area contributed by atoms with E-state index >= 15 is 0 Å².